The molecule has 0 bridgehead atoms. The van der Waals surface area contributed by atoms with E-state index in [1.54, 1.807) is 0 Å². The summed E-state index contributed by atoms with van der Waals surface area (Å²) in [4.78, 5) is 2.48. The van der Waals surface area contributed by atoms with E-state index < -0.39 is 0 Å². The molecule has 0 radical (unpaired) electrons. The summed E-state index contributed by atoms with van der Waals surface area (Å²) in [7, 11) is 2.24. The molecule has 2 aliphatic rings. The summed E-state index contributed by atoms with van der Waals surface area (Å²) in [5, 5.41) is 4.38. The van der Waals surface area contributed by atoms with Crippen molar-refractivity contribution in [3.63, 3.8) is 0 Å². The molecule has 0 unspecified atom stereocenters. The van der Waals surface area contributed by atoms with Gasteiger partial charge < -0.3 is 10.2 Å². The molecule has 0 aromatic heterocycles. The van der Waals surface area contributed by atoms with Crippen molar-refractivity contribution in [2.24, 2.45) is 0 Å². The average Bonchev–Trinajstić information content (AvgIpc) is 2.36. The number of hydrogen-bond donors (Lipinski definition) is 1. The number of hydrogen-bond acceptors (Lipinski definition) is 2. The van der Waals surface area contributed by atoms with Crippen LogP contribution in [0.25, 0.3) is 0 Å². The molecule has 1 fully saturated rings. The Balaban J connectivity index is 1.96. The van der Waals surface area contributed by atoms with Crippen molar-refractivity contribution in [2.75, 3.05) is 23.8 Å². The van der Waals surface area contributed by atoms with E-state index in [0.29, 0.717) is 5.54 Å². The predicted octanol–water partition coefficient (Wildman–Crippen LogP) is 3.90. The largest absolute Gasteiger partial charge is 0.381 e. The molecular weight excluding hydrogens is 232 g/mol. The fraction of sp³-hybridized carbons (Fsp3) is 0.571. The molecule has 0 amide bonds. The Hall–Kier alpha value is -0.890. The van der Waals surface area contributed by atoms with Gasteiger partial charge in [-0.2, -0.15) is 0 Å². The van der Waals surface area contributed by atoms with E-state index >= 15 is 0 Å². The van der Waals surface area contributed by atoms with Gasteiger partial charge in [0, 0.05) is 18.6 Å². The fourth-order valence-electron chi connectivity index (χ4n) is 3.30. The lowest BCUT2D eigenvalue weighted by molar-refractivity contribution is 0.294. The van der Waals surface area contributed by atoms with Crippen LogP contribution in [0.1, 0.15) is 32.1 Å². The summed E-state index contributed by atoms with van der Waals surface area (Å²) in [6.07, 6.45) is 6.71. The lowest BCUT2D eigenvalue weighted by atomic mass is 9.79. The topological polar surface area (TPSA) is 15.3 Å². The maximum Gasteiger partial charge on any atom is 0.0605 e. The van der Waals surface area contributed by atoms with Gasteiger partial charge in [-0.05, 0) is 31.0 Å². The van der Waals surface area contributed by atoms with Gasteiger partial charge in [0.05, 0.1) is 16.9 Å². The standard InChI is InChI=1S/C14H19ClN2/c1-17-13-6-5-11(15)9-12(13)16-10-14(17)7-3-2-4-8-14/h5-6,9,16H,2-4,7-8,10H2,1H3. The van der Waals surface area contributed by atoms with E-state index in [9.17, 15) is 0 Å². The molecule has 1 spiro atoms. The molecule has 3 heteroatoms. The van der Waals surface area contributed by atoms with Gasteiger partial charge in [-0.15, -0.1) is 0 Å². The Bertz CT molecular complexity index is 424. The van der Waals surface area contributed by atoms with Crippen molar-refractivity contribution in [3.05, 3.63) is 23.2 Å². The molecule has 0 atom stereocenters. The lowest BCUT2D eigenvalue weighted by Crippen LogP contribution is -2.55. The minimum Gasteiger partial charge on any atom is -0.381 e. The first-order valence-electron chi connectivity index (χ1n) is 6.49. The second kappa shape index (κ2) is 4.09. The molecule has 17 heavy (non-hydrogen) atoms. The van der Waals surface area contributed by atoms with Crippen LogP contribution in [0, 0.1) is 0 Å². The first-order chi connectivity index (χ1) is 8.21. The molecular formula is C14H19ClN2. The van der Waals surface area contributed by atoms with Crippen molar-refractivity contribution in [1.82, 2.24) is 0 Å². The molecule has 92 valence electrons. The highest BCUT2D eigenvalue weighted by Crippen LogP contribution is 2.42. The second-order valence-electron chi connectivity index (χ2n) is 5.36. The van der Waals surface area contributed by atoms with Crippen molar-refractivity contribution < 1.29 is 0 Å². The van der Waals surface area contributed by atoms with Gasteiger partial charge in [-0.3, -0.25) is 0 Å². The molecule has 1 heterocycles. The monoisotopic (exact) mass is 250 g/mol. The van der Waals surface area contributed by atoms with Crippen LogP contribution >= 0.6 is 11.6 Å². The summed E-state index contributed by atoms with van der Waals surface area (Å²) >= 11 is 6.04. The first kappa shape index (κ1) is 11.2. The predicted molar refractivity (Wildman–Crippen MR) is 74.2 cm³/mol. The summed E-state index contributed by atoms with van der Waals surface area (Å²) in [5.41, 5.74) is 2.80. The molecule has 1 aliphatic carbocycles. The molecule has 2 nitrogen and oxygen atoms in total. The minimum absolute atomic E-state index is 0.332. The minimum atomic E-state index is 0.332. The van der Waals surface area contributed by atoms with E-state index in [0.717, 1.165) is 11.6 Å². The molecule has 1 N–H and O–H groups in total. The maximum absolute atomic E-state index is 6.04. The third kappa shape index (κ3) is 1.79. The van der Waals surface area contributed by atoms with E-state index in [4.69, 9.17) is 11.6 Å². The average molecular weight is 251 g/mol. The zero-order valence-corrected chi connectivity index (χ0v) is 11.1. The normalized spacial score (nSPS) is 22.1. The van der Waals surface area contributed by atoms with Crippen LogP contribution < -0.4 is 10.2 Å². The summed E-state index contributed by atoms with van der Waals surface area (Å²) in [6.45, 7) is 1.05. The zero-order chi connectivity index (χ0) is 11.9. The van der Waals surface area contributed by atoms with Gasteiger partial charge in [0.1, 0.15) is 0 Å². The molecule has 1 saturated carbocycles. The number of anilines is 2. The molecule has 0 saturated heterocycles. The van der Waals surface area contributed by atoms with Crippen molar-refractivity contribution in [2.45, 2.75) is 37.6 Å². The second-order valence-corrected chi connectivity index (χ2v) is 5.80. The Labute approximate surface area is 108 Å². The summed E-state index contributed by atoms with van der Waals surface area (Å²) < 4.78 is 0. The third-order valence-corrected chi connectivity index (χ3v) is 4.66. The molecule has 1 aliphatic heterocycles. The number of nitrogens with one attached hydrogen (secondary N) is 1. The number of benzene rings is 1. The number of likely N-dealkylation sites (N-methyl/N-ethyl adjacent to an activating group) is 1. The van der Waals surface area contributed by atoms with Crippen LogP contribution in [0.3, 0.4) is 0 Å². The van der Waals surface area contributed by atoms with Crippen molar-refractivity contribution >= 4 is 23.0 Å². The Morgan fingerprint density at radius 2 is 2.00 bits per heavy atom. The molecule has 1 aromatic rings. The van der Waals surface area contributed by atoms with Crippen molar-refractivity contribution in [3.8, 4) is 0 Å². The van der Waals surface area contributed by atoms with Crippen LogP contribution in [-0.4, -0.2) is 19.1 Å². The van der Waals surface area contributed by atoms with Crippen LogP contribution in [0.5, 0.6) is 0 Å². The van der Waals surface area contributed by atoms with E-state index in [2.05, 4.69) is 23.3 Å². The van der Waals surface area contributed by atoms with E-state index in [1.165, 1.54) is 43.5 Å². The smallest absolute Gasteiger partial charge is 0.0605 e. The van der Waals surface area contributed by atoms with Gasteiger partial charge in [0.25, 0.3) is 0 Å². The van der Waals surface area contributed by atoms with Crippen LogP contribution in [-0.2, 0) is 0 Å². The highest BCUT2D eigenvalue weighted by atomic mass is 35.5. The Morgan fingerprint density at radius 3 is 2.76 bits per heavy atom. The van der Waals surface area contributed by atoms with Crippen LogP contribution in [0.4, 0.5) is 11.4 Å². The lowest BCUT2D eigenvalue weighted by Gasteiger charge is -2.50. The first-order valence-corrected chi connectivity index (χ1v) is 6.86. The van der Waals surface area contributed by atoms with Gasteiger partial charge in [0.15, 0.2) is 0 Å². The highest BCUT2D eigenvalue weighted by molar-refractivity contribution is 6.31. The number of nitrogens with zero attached hydrogens (tertiary/aromatic N) is 1. The number of fused-ring (bicyclic) bond motifs is 1. The van der Waals surface area contributed by atoms with Crippen LogP contribution in [0.15, 0.2) is 18.2 Å². The quantitative estimate of drug-likeness (QED) is 0.751. The zero-order valence-electron chi connectivity index (χ0n) is 10.3. The van der Waals surface area contributed by atoms with E-state index in [-0.39, 0.29) is 0 Å². The van der Waals surface area contributed by atoms with Crippen LogP contribution in [0.2, 0.25) is 5.02 Å². The fourth-order valence-corrected chi connectivity index (χ4v) is 3.47. The third-order valence-electron chi connectivity index (χ3n) is 4.42. The Morgan fingerprint density at radius 1 is 1.24 bits per heavy atom. The van der Waals surface area contributed by atoms with Crippen molar-refractivity contribution in [1.29, 1.82) is 0 Å². The van der Waals surface area contributed by atoms with E-state index in [1.807, 2.05) is 12.1 Å². The number of halogens is 1. The van der Waals surface area contributed by atoms with Gasteiger partial charge >= 0.3 is 0 Å². The Kier molecular flexibility index (Phi) is 2.70. The maximum atomic E-state index is 6.04. The van der Waals surface area contributed by atoms with Gasteiger partial charge in [-0.1, -0.05) is 30.9 Å². The SMILES string of the molecule is CN1c2ccc(Cl)cc2NCC12CCCCC2. The summed E-state index contributed by atoms with van der Waals surface area (Å²) in [5.74, 6) is 0. The summed E-state index contributed by atoms with van der Waals surface area (Å²) in [6, 6.07) is 6.16. The highest BCUT2D eigenvalue weighted by Gasteiger charge is 2.39. The van der Waals surface area contributed by atoms with Gasteiger partial charge in [0.2, 0.25) is 0 Å². The molecule has 1 aromatic carbocycles. The van der Waals surface area contributed by atoms with Gasteiger partial charge in [-0.25, -0.2) is 0 Å². The molecule has 3 rings (SSSR count). The number of rotatable bonds is 0.